The summed E-state index contributed by atoms with van der Waals surface area (Å²) in [5.74, 6) is -0.957. The van der Waals surface area contributed by atoms with Gasteiger partial charge in [-0.2, -0.15) is 0 Å². The summed E-state index contributed by atoms with van der Waals surface area (Å²) in [6.07, 6.45) is 1.10. The van der Waals surface area contributed by atoms with Crippen molar-refractivity contribution in [3.05, 3.63) is 29.6 Å². The van der Waals surface area contributed by atoms with Crippen molar-refractivity contribution >= 4 is 5.97 Å². The molecule has 0 aliphatic carbocycles. The van der Waals surface area contributed by atoms with Crippen LogP contribution in [0.3, 0.4) is 0 Å². The van der Waals surface area contributed by atoms with Gasteiger partial charge in [0.1, 0.15) is 17.8 Å². The molecule has 1 N–H and O–H groups in total. The molecule has 0 fully saturated rings. The van der Waals surface area contributed by atoms with Crippen LogP contribution < -0.4 is 5.49 Å². The maximum atomic E-state index is 12.7. The summed E-state index contributed by atoms with van der Waals surface area (Å²) >= 11 is 0. The number of pyridine rings is 1. The van der Waals surface area contributed by atoms with Gasteiger partial charge in [-0.1, -0.05) is 0 Å². The number of nitrogens with one attached hydrogen (secondary N) is 1. The van der Waals surface area contributed by atoms with Gasteiger partial charge in [0.2, 0.25) is 0 Å². The smallest absolute Gasteiger partial charge is 0.325 e. The molecular formula is C9H11FN2O2. The molecule has 1 aromatic heterocycles. The number of hydrogen-bond donors (Lipinski definition) is 1. The van der Waals surface area contributed by atoms with E-state index in [4.69, 9.17) is 5.41 Å². The van der Waals surface area contributed by atoms with Gasteiger partial charge in [-0.05, 0) is 19.1 Å². The summed E-state index contributed by atoms with van der Waals surface area (Å²) in [6, 6.07) is 2.46. The fraction of sp³-hybridized carbons (Fsp3) is 0.333. The second-order valence-electron chi connectivity index (χ2n) is 2.67. The summed E-state index contributed by atoms with van der Waals surface area (Å²) in [6.45, 7) is 1.84. The first-order chi connectivity index (χ1) is 6.63. The monoisotopic (exact) mass is 198 g/mol. The van der Waals surface area contributed by atoms with Gasteiger partial charge in [0.05, 0.1) is 6.61 Å². The normalized spacial score (nSPS) is 9.86. The van der Waals surface area contributed by atoms with E-state index in [-0.39, 0.29) is 18.6 Å². The van der Waals surface area contributed by atoms with E-state index in [0.717, 1.165) is 6.20 Å². The molecule has 4 nitrogen and oxygen atoms in total. The summed E-state index contributed by atoms with van der Waals surface area (Å²) < 4.78 is 18.6. The zero-order chi connectivity index (χ0) is 10.6. The maximum absolute atomic E-state index is 12.7. The average Bonchev–Trinajstić information content (AvgIpc) is 2.12. The lowest BCUT2D eigenvalue weighted by Crippen LogP contribution is -2.24. The molecule has 0 saturated carbocycles. The van der Waals surface area contributed by atoms with Crippen molar-refractivity contribution in [2.45, 2.75) is 13.5 Å². The molecule has 0 bridgehead atoms. The first-order valence-corrected chi connectivity index (χ1v) is 4.19. The van der Waals surface area contributed by atoms with Gasteiger partial charge in [0.15, 0.2) is 0 Å². The lowest BCUT2D eigenvalue weighted by molar-refractivity contribution is -0.143. The molecule has 14 heavy (non-hydrogen) atoms. The lowest BCUT2D eigenvalue weighted by Gasteiger charge is -2.05. The number of esters is 1. The second-order valence-corrected chi connectivity index (χ2v) is 2.67. The summed E-state index contributed by atoms with van der Waals surface area (Å²) in [7, 11) is 0. The van der Waals surface area contributed by atoms with Crippen molar-refractivity contribution in [2.24, 2.45) is 0 Å². The molecule has 1 rings (SSSR count). The summed E-state index contributed by atoms with van der Waals surface area (Å²) in [4.78, 5) is 11.0. The first-order valence-electron chi connectivity index (χ1n) is 4.19. The lowest BCUT2D eigenvalue weighted by atomic mass is 10.4. The van der Waals surface area contributed by atoms with Crippen LogP contribution in [0, 0.1) is 11.2 Å². The number of halogens is 1. The number of hydrogen-bond acceptors (Lipinski definition) is 3. The molecule has 1 aromatic rings. The average molecular weight is 198 g/mol. The third-order valence-corrected chi connectivity index (χ3v) is 1.59. The van der Waals surface area contributed by atoms with Crippen LogP contribution in [0.5, 0.6) is 0 Å². The van der Waals surface area contributed by atoms with Gasteiger partial charge in [-0.15, -0.1) is 0 Å². The molecule has 5 heteroatoms. The third kappa shape index (κ3) is 2.69. The van der Waals surface area contributed by atoms with Crippen molar-refractivity contribution in [2.75, 3.05) is 6.61 Å². The van der Waals surface area contributed by atoms with Gasteiger partial charge >= 0.3 is 5.97 Å². The topological polar surface area (TPSA) is 55.1 Å². The molecule has 0 aliphatic heterocycles. The number of ether oxygens (including phenoxy) is 1. The van der Waals surface area contributed by atoms with Crippen LogP contribution in [0.2, 0.25) is 0 Å². The Morgan fingerprint density at radius 1 is 1.64 bits per heavy atom. The number of aromatic nitrogens is 1. The summed E-state index contributed by atoms with van der Waals surface area (Å²) in [5, 5.41) is 7.38. The highest BCUT2D eigenvalue weighted by atomic mass is 19.1. The molecule has 0 spiro atoms. The molecule has 0 aromatic carbocycles. The number of carbonyl (C=O) groups excluding carboxylic acids is 1. The standard InChI is InChI=1S/C9H11FN2O2/c1-2-14-9(13)6-12-5-7(10)3-4-8(12)11/h3-5,11H,2,6H2,1H3. The quantitative estimate of drug-likeness (QED) is 0.726. The van der Waals surface area contributed by atoms with Crippen LogP contribution in [0.1, 0.15) is 6.92 Å². The Bertz CT molecular complexity index is 387. The van der Waals surface area contributed by atoms with Crippen molar-refractivity contribution in [3.63, 3.8) is 0 Å². The van der Waals surface area contributed by atoms with Gasteiger partial charge < -0.3 is 9.30 Å². The molecule has 0 amide bonds. The molecular weight excluding hydrogens is 187 g/mol. The Hall–Kier alpha value is -1.65. The van der Waals surface area contributed by atoms with E-state index in [1.807, 2.05) is 0 Å². The molecule has 0 radical (unpaired) electrons. The molecule has 0 aliphatic rings. The van der Waals surface area contributed by atoms with Crippen LogP contribution in [-0.2, 0) is 16.1 Å². The van der Waals surface area contributed by atoms with Crippen molar-refractivity contribution in [1.82, 2.24) is 4.57 Å². The Labute approximate surface area is 80.4 Å². The van der Waals surface area contributed by atoms with E-state index in [1.54, 1.807) is 6.92 Å². The van der Waals surface area contributed by atoms with Crippen LogP contribution in [-0.4, -0.2) is 17.1 Å². The highest BCUT2D eigenvalue weighted by Gasteiger charge is 2.03. The minimum absolute atomic E-state index is 0.0689. The minimum Gasteiger partial charge on any atom is -0.465 e. The SMILES string of the molecule is CCOC(=O)Cn1cc(F)ccc1=N. The largest absolute Gasteiger partial charge is 0.465 e. The van der Waals surface area contributed by atoms with Gasteiger partial charge in [0.25, 0.3) is 0 Å². The number of rotatable bonds is 3. The van der Waals surface area contributed by atoms with Crippen LogP contribution >= 0.6 is 0 Å². The van der Waals surface area contributed by atoms with E-state index >= 15 is 0 Å². The zero-order valence-electron chi connectivity index (χ0n) is 7.79. The van der Waals surface area contributed by atoms with Gasteiger partial charge in [0, 0.05) is 6.20 Å². The highest BCUT2D eigenvalue weighted by molar-refractivity contribution is 5.69. The molecule has 76 valence electrons. The Kier molecular flexibility index (Phi) is 3.39. The number of carbonyl (C=O) groups is 1. The molecule has 0 unspecified atom stereocenters. The van der Waals surface area contributed by atoms with E-state index < -0.39 is 11.8 Å². The highest BCUT2D eigenvalue weighted by Crippen LogP contribution is 1.92. The molecule has 1 heterocycles. The van der Waals surface area contributed by atoms with Gasteiger partial charge in [-0.3, -0.25) is 10.2 Å². The fourth-order valence-corrected chi connectivity index (χ4v) is 0.992. The Morgan fingerprint density at radius 3 is 3.00 bits per heavy atom. The van der Waals surface area contributed by atoms with Crippen LogP contribution in [0.25, 0.3) is 0 Å². The van der Waals surface area contributed by atoms with Gasteiger partial charge in [-0.25, -0.2) is 4.39 Å². The molecule has 0 saturated heterocycles. The van der Waals surface area contributed by atoms with Crippen molar-refractivity contribution in [3.8, 4) is 0 Å². The van der Waals surface area contributed by atoms with Crippen molar-refractivity contribution in [1.29, 1.82) is 5.41 Å². The fourth-order valence-electron chi connectivity index (χ4n) is 0.992. The van der Waals surface area contributed by atoms with Crippen LogP contribution in [0.4, 0.5) is 4.39 Å². The predicted molar refractivity (Wildman–Crippen MR) is 46.9 cm³/mol. The van der Waals surface area contributed by atoms with E-state index in [2.05, 4.69) is 4.74 Å². The first kappa shape index (κ1) is 10.4. The Balaban J connectivity index is 2.81. The third-order valence-electron chi connectivity index (χ3n) is 1.59. The molecule has 0 atom stereocenters. The predicted octanol–water partition coefficient (Wildman–Crippen LogP) is 0.670. The Morgan fingerprint density at radius 2 is 2.36 bits per heavy atom. The second kappa shape index (κ2) is 4.55. The summed E-state index contributed by atoms with van der Waals surface area (Å²) in [5.41, 5.74) is 0.0689. The van der Waals surface area contributed by atoms with E-state index in [0.29, 0.717) is 0 Å². The maximum Gasteiger partial charge on any atom is 0.325 e. The minimum atomic E-state index is -0.481. The number of nitrogens with zero attached hydrogens (tertiary/aromatic N) is 1. The zero-order valence-corrected chi connectivity index (χ0v) is 7.79. The van der Waals surface area contributed by atoms with E-state index in [9.17, 15) is 9.18 Å². The van der Waals surface area contributed by atoms with Crippen LogP contribution in [0.15, 0.2) is 18.3 Å². The van der Waals surface area contributed by atoms with E-state index in [1.165, 1.54) is 16.7 Å². The van der Waals surface area contributed by atoms with Crippen molar-refractivity contribution < 1.29 is 13.9 Å².